The van der Waals surface area contributed by atoms with Gasteiger partial charge >= 0.3 is 0 Å². The number of hydrogen-bond acceptors (Lipinski definition) is 3. The molecular weight excluding hydrogens is 411 g/mol. The summed E-state index contributed by atoms with van der Waals surface area (Å²) in [7, 11) is 0. The predicted molar refractivity (Wildman–Crippen MR) is 117 cm³/mol. The first-order chi connectivity index (χ1) is 13.6. The molecule has 0 atom stereocenters. The van der Waals surface area contributed by atoms with Crippen LogP contribution < -0.4 is 10.9 Å². The maximum absolute atomic E-state index is 13.3. The Kier molecular flexibility index (Phi) is 5.73. The summed E-state index contributed by atoms with van der Waals surface area (Å²) in [6.07, 6.45) is 0. The third kappa shape index (κ3) is 4.47. The molecule has 0 bridgehead atoms. The average Bonchev–Trinajstić information content (AvgIpc) is 2.63. The smallest absolute Gasteiger partial charge is 0.272 e. The van der Waals surface area contributed by atoms with Crippen LogP contribution in [0.2, 0.25) is 10.0 Å². The van der Waals surface area contributed by atoms with Crippen molar-refractivity contribution in [3.8, 4) is 11.4 Å². The van der Waals surface area contributed by atoms with Gasteiger partial charge in [0.1, 0.15) is 11.3 Å². The third-order valence-corrected chi connectivity index (χ3v) is 4.87. The van der Waals surface area contributed by atoms with Crippen molar-refractivity contribution < 1.29 is 9.90 Å². The van der Waals surface area contributed by atoms with Gasteiger partial charge in [-0.1, -0.05) is 44.0 Å². The van der Waals surface area contributed by atoms with Gasteiger partial charge in [0.05, 0.1) is 0 Å². The largest absolute Gasteiger partial charge is 0.507 e. The first-order valence-corrected chi connectivity index (χ1v) is 9.66. The molecule has 0 saturated heterocycles. The normalized spacial score (nSPS) is 11.3. The second-order valence-corrected chi connectivity index (χ2v) is 8.49. The van der Waals surface area contributed by atoms with E-state index >= 15 is 0 Å². The van der Waals surface area contributed by atoms with Gasteiger partial charge in [-0.15, -0.1) is 0 Å². The Morgan fingerprint density at radius 3 is 2.00 bits per heavy atom. The first-order valence-electron chi connectivity index (χ1n) is 8.90. The predicted octanol–water partition coefficient (Wildman–Crippen LogP) is 5.40. The molecule has 3 aromatic rings. The van der Waals surface area contributed by atoms with Gasteiger partial charge in [0, 0.05) is 38.6 Å². The van der Waals surface area contributed by atoms with E-state index in [1.807, 2.05) is 20.8 Å². The van der Waals surface area contributed by atoms with Crippen molar-refractivity contribution in [3.63, 3.8) is 0 Å². The molecule has 2 aromatic carbocycles. The maximum Gasteiger partial charge on any atom is 0.272 e. The highest BCUT2D eigenvalue weighted by molar-refractivity contribution is 6.30. The van der Waals surface area contributed by atoms with E-state index in [0.717, 1.165) is 0 Å². The molecule has 5 nitrogen and oxygen atoms in total. The Labute approximate surface area is 178 Å². The maximum atomic E-state index is 13.3. The quantitative estimate of drug-likeness (QED) is 0.584. The average molecular weight is 431 g/mol. The van der Waals surface area contributed by atoms with Gasteiger partial charge in [-0.05, 0) is 48.5 Å². The van der Waals surface area contributed by atoms with Crippen LogP contribution in [0.3, 0.4) is 0 Å². The summed E-state index contributed by atoms with van der Waals surface area (Å²) in [6, 6.07) is 14.6. The molecule has 0 fully saturated rings. The summed E-state index contributed by atoms with van der Waals surface area (Å²) >= 11 is 11.8. The first kappa shape index (κ1) is 21.0. The number of benzene rings is 2. The number of nitrogens with zero attached hydrogens (tertiary/aromatic N) is 1. The van der Waals surface area contributed by atoms with E-state index in [1.165, 1.54) is 10.6 Å². The van der Waals surface area contributed by atoms with Crippen LogP contribution >= 0.6 is 23.2 Å². The number of aromatic hydroxyl groups is 1. The lowest BCUT2D eigenvalue weighted by atomic mass is 9.90. The molecule has 1 amide bonds. The van der Waals surface area contributed by atoms with E-state index in [2.05, 4.69) is 5.32 Å². The second kappa shape index (κ2) is 7.93. The highest BCUT2D eigenvalue weighted by atomic mass is 35.5. The summed E-state index contributed by atoms with van der Waals surface area (Å²) in [5.74, 6) is -1.09. The van der Waals surface area contributed by atoms with Crippen LogP contribution in [0.5, 0.6) is 5.75 Å². The number of pyridine rings is 1. The van der Waals surface area contributed by atoms with Crippen molar-refractivity contribution >= 4 is 34.8 Å². The highest BCUT2D eigenvalue weighted by Crippen LogP contribution is 2.29. The van der Waals surface area contributed by atoms with Crippen molar-refractivity contribution in [2.45, 2.75) is 26.2 Å². The second-order valence-electron chi connectivity index (χ2n) is 7.62. The summed E-state index contributed by atoms with van der Waals surface area (Å²) in [5.41, 5.74) is 0.125. The zero-order chi connectivity index (χ0) is 21.3. The van der Waals surface area contributed by atoms with E-state index < -0.39 is 16.9 Å². The molecule has 0 unspecified atom stereocenters. The fourth-order valence-electron chi connectivity index (χ4n) is 2.94. The third-order valence-electron chi connectivity index (χ3n) is 4.37. The molecule has 2 N–H and O–H groups in total. The molecule has 3 rings (SSSR count). The molecule has 0 spiro atoms. The van der Waals surface area contributed by atoms with Crippen LogP contribution in [0.15, 0.2) is 59.4 Å². The summed E-state index contributed by atoms with van der Waals surface area (Å²) in [4.78, 5) is 26.1. The lowest BCUT2D eigenvalue weighted by molar-refractivity contribution is 0.102. The standard InChI is InChI=1S/C22H20Cl2N2O3/c1-22(2,3)18-12-17(27)19(20(28)25-15-8-4-13(23)5-9-15)21(29)26(18)16-10-6-14(24)7-11-16/h4-12,27H,1-3H3,(H,25,28). The van der Waals surface area contributed by atoms with Gasteiger partial charge in [-0.2, -0.15) is 0 Å². The van der Waals surface area contributed by atoms with E-state index in [4.69, 9.17) is 23.2 Å². The molecular formula is C22H20Cl2N2O3. The Morgan fingerprint density at radius 1 is 0.966 bits per heavy atom. The molecule has 0 aliphatic carbocycles. The van der Waals surface area contributed by atoms with Crippen molar-refractivity contribution in [1.29, 1.82) is 0 Å². The minimum absolute atomic E-state index is 0.345. The summed E-state index contributed by atoms with van der Waals surface area (Å²) in [5, 5.41) is 14.2. The van der Waals surface area contributed by atoms with Gasteiger partial charge in [-0.3, -0.25) is 14.2 Å². The minimum atomic E-state index is -0.710. The van der Waals surface area contributed by atoms with Gasteiger partial charge in [0.2, 0.25) is 0 Å². The molecule has 1 aromatic heterocycles. The van der Waals surface area contributed by atoms with E-state index in [0.29, 0.717) is 27.1 Å². The number of carbonyl (C=O) groups is 1. The Balaban J connectivity index is 2.17. The number of hydrogen-bond donors (Lipinski definition) is 2. The van der Waals surface area contributed by atoms with E-state index in [-0.39, 0.29) is 11.3 Å². The fraction of sp³-hybridized carbons (Fsp3) is 0.182. The zero-order valence-electron chi connectivity index (χ0n) is 16.2. The van der Waals surface area contributed by atoms with Crippen LogP contribution in [0.4, 0.5) is 5.69 Å². The lowest BCUT2D eigenvalue weighted by Gasteiger charge is -2.25. The molecule has 0 saturated carbocycles. The van der Waals surface area contributed by atoms with Crippen molar-refractivity contribution in [2.75, 3.05) is 5.32 Å². The van der Waals surface area contributed by atoms with Crippen LogP contribution in [-0.2, 0) is 5.41 Å². The number of aromatic nitrogens is 1. The molecule has 29 heavy (non-hydrogen) atoms. The summed E-state index contributed by atoms with van der Waals surface area (Å²) in [6.45, 7) is 5.75. The summed E-state index contributed by atoms with van der Waals surface area (Å²) < 4.78 is 1.42. The van der Waals surface area contributed by atoms with Crippen LogP contribution in [0.1, 0.15) is 36.8 Å². The number of nitrogens with one attached hydrogen (secondary N) is 1. The number of carbonyl (C=O) groups excluding carboxylic acids is 1. The molecule has 7 heteroatoms. The Hall–Kier alpha value is -2.76. The molecule has 0 radical (unpaired) electrons. The van der Waals surface area contributed by atoms with Crippen molar-refractivity contribution in [2.24, 2.45) is 0 Å². The Morgan fingerprint density at radius 2 is 1.48 bits per heavy atom. The van der Waals surface area contributed by atoms with Crippen LogP contribution in [0.25, 0.3) is 5.69 Å². The number of rotatable bonds is 3. The zero-order valence-corrected chi connectivity index (χ0v) is 17.7. The van der Waals surface area contributed by atoms with Gasteiger partial charge in [-0.25, -0.2) is 0 Å². The number of anilines is 1. The van der Waals surface area contributed by atoms with Crippen molar-refractivity contribution in [3.05, 3.63) is 86.3 Å². The van der Waals surface area contributed by atoms with Crippen LogP contribution in [0, 0.1) is 0 Å². The SMILES string of the molecule is CC(C)(C)c1cc(O)c(C(=O)Nc2ccc(Cl)cc2)c(=O)n1-c1ccc(Cl)cc1. The highest BCUT2D eigenvalue weighted by Gasteiger charge is 2.27. The van der Waals surface area contributed by atoms with Crippen molar-refractivity contribution in [1.82, 2.24) is 4.57 Å². The Bertz CT molecular complexity index is 1110. The van der Waals surface area contributed by atoms with E-state index in [9.17, 15) is 14.7 Å². The van der Waals surface area contributed by atoms with E-state index in [1.54, 1.807) is 48.5 Å². The number of halogens is 2. The van der Waals surface area contributed by atoms with Gasteiger partial charge in [0.15, 0.2) is 0 Å². The molecule has 0 aliphatic heterocycles. The fourth-order valence-corrected chi connectivity index (χ4v) is 3.19. The van der Waals surface area contributed by atoms with Crippen LogP contribution in [-0.4, -0.2) is 15.6 Å². The topological polar surface area (TPSA) is 71.3 Å². The van der Waals surface area contributed by atoms with Gasteiger partial charge in [0.25, 0.3) is 11.5 Å². The molecule has 150 valence electrons. The monoisotopic (exact) mass is 430 g/mol. The molecule has 0 aliphatic rings. The van der Waals surface area contributed by atoms with Gasteiger partial charge < -0.3 is 10.4 Å². The number of amides is 1. The molecule has 1 heterocycles. The minimum Gasteiger partial charge on any atom is -0.507 e. The lowest BCUT2D eigenvalue weighted by Crippen LogP contribution is -2.33.